The van der Waals surface area contributed by atoms with Crippen molar-refractivity contribution in [3.63, 3.8) is 0 Å². The number of carbonyl (C=O) groups is 1. The van der Waals surface area contributed by atoms with E-state index in [9.17, 15) is 17.6 Å². The number of carbonyl (C=O) groups excluding carboxylic acids is 1. The minimum Gasteiger partial charge on any atom is -0.366 e. The average molecular weight is 343 g/mol. The van der Waals surface area contributed by atoms with Gasteiger partial charge in [-0.1, -0.05) is 29.8 Å². The second-order valence-corrected chi connectivity index (χ2v) is 6.60. The van der Waals surface area contributed by atoms with Gasteiger partial charge in [0.15, 0.2) is 0 Å². The number of amides is 1. The number of anilines is 1. The minimum atomic E-state index is -3.97. The Morgan fingerprint density at radius 3 is 2.50 bits per heavy atom. The SMILES string of the molecule is NC(=O)c1ccccc1NS(=O)(=O)Cc1c(F)cccc1Cl. The minimum absolute atomic E-state index is 0.00793. The van der Waals surface area contributed by atoms with Crippen LogP contribution in [0.3, 0.4) is 0 Å². The third-order valence-corrected chi connectivity index (χ3v) is 4.41. The second-order valence-electron chi connectivity index (χ2n) is 4.47. The fraction of sp³-hybridized carbons (Fsp3) is 0.0714. The number of rotatable bonds is 5. The zero-order chi connectivity index (χ0) is 16.3. The second kappa shape index (κ2) is 6.33. The highest BCUT2D eigenvalue weighted by atomic mass is 35.5. The first-order valence-electron chi connectivity index (χ1n) is 6.12. The van der Waals surface area contributed by atoms with E-state index in [-0.39, 0.29) is 21.8 Å². The van der Waals surface area contributed by atoms with E-state index < -0.39 is 27.5 Å². The van der Waals surface area contributed by atoms with Crippen molar-refractivity contribution in [3.05, 3.63) is 64.4 Å². The van der Waals surface area contributed by atoms with Crippen molar-refractivity contribution in [2.24, 2.45) is 5.73 Å². The zero-order valence-electron chi connectivity index (χ0n) is 11.2. The van der Waals surface area contributed by atoms with Crippen molar-refractivity contribution in [3.8, 4) is 0 Å². The smallest absolute Gasteiger partial charge is 0.250 e. The Labute approximate surface area is 131 Å². The van der Waals surface area contributed by atoms with E-state index in [1.54, 1.807) is 12.1 Å². The van der Waals surface area contributed by atoms with Gasteiger partial charge in [0, 0.05) is 10.6 Å². The largest absolute Gasteiger partial charge is 0.366 e. The Morgan fingerprint density at radius 2 is 1.86 bits per heavy atom. The predicted octanol–water partition coefficient (Wildman–Crippen LogP) is 2.52. The summed E-state index contributed by atoms with van der Waals surface area (Å²) in [5.41, 5.74) is 5.08. The lowest BCUT2D eigenvalue weighted by molar-refractivity contribution is 0.100. The molecule has 2 rings (SSSR count). The molecule has 0 aliphatic heterocycles. The molecule has 0 unspecified atom stereocenters. The molecule has 0 radical (unpaired) electrons. The summed E-state index contributed by atoms with van der Waals surface area (Å²) in [6.45, 7) is 0. The van der Waals surface area contributed by atoms with Crippen molar-refractivity contribution in [1.29, 1.82) is 0 Å². The predicted molar refractivity (Wildman–Crippen MR) is 82.6 cm³/mol. The van der Waals surface area contributed by atoms with Gasteiger partial charge in [-0.15, -0.1) is 0 Å². The number of nitrogens with two attached hydrogens (primary N) is 1. The first kappa shape index (κ1) is 16.3. The van der Waals surface area contributed by atoms with E-state index in [1.165, 1.54) is 24.3 Å². The molecular weight excluding hydrogens is 331 g/mol. The molecule has 2 aromatic carbocycles. The number of hydrogen-bond donors (Lipinski definition) is 2. The molecule has 116 valence electrons. The molecule has 2 aromatic rings. The highest BCUT2D eigenvalue weighted by molar-refractivity contribution is 7.91. The van der Waals surface area contributed by atoms with Gasteiger partial charge >= 0.3 is 0 Å². The standard InChI is InChI=1S/C14H12ClFN2O3S/c15-11-5-3-6-12(16)10(11)8-22(20,21)18-13-7-2-1-4-9(13)14(17)19/h1-7,18H,8H2,(H2,17,19). The number of halogens is 2. The molecule has 0 saturated heterocycles. The van der Waals surface area contributed by atoms with E-state index in [1.807, 2.05) is 0 Å². The molecule has 22 heavy (non-hydrogen) atoms. The van der Waals surface area contributed by atoms with Crippen LogP contribution in [-0.2, 0) is 15.8 Å². The average Bonchev–Trinajstić information content (AvgIpc) is 2.43. The number of para-hydroxylation sites is 1. The van der Waals surface area contributed by atoms with Crippen LogP contribution in [0.4, 0.5) is 10.1 Å². The van der Waals surface area contributed by atoms with Gasteiger partial charge in [0.1, 0.15) is 5.82 Å². The summed E-state index contributed by atoms with van der Waals surface area (Å²) in [6, 6.07) is 9.76. The summed E-state index contributed by atoms with van der Waals surface area (Å²) >= 11 is 5.81. The number of hydrogen-bond acceptors (Lipinski definition) is 3. The lowest BCUT2D eigenvalue weighted by Crippen LogP contribution is -2.20. The molecule has 3 N–H and O–H groups in total. The molecule has 1 amide bonds. The van der Waals surface area contributed by atoms with Crippen molar-refractivity contribution in [2.45, 2.75) is 5.75 Å². The van der Waals surface area contributed by atoms with Crippen LogP contribution in [0.15, 0.2) is 42.5 Å². The van der Waals surface area contributed by atoms with Crippen LogP contribution >= 0.6 is 11.6 Å². The van der Waals surface area contributed by atoms with Gasteiger partial charge in [-0.05, 0) is 24.3 Å². The number of nitrogens with one attached hydrogen (secondary N) is 1. The maximum Gasteiger partial charge on any atom is 0.250 e. The van der Waals surface area contributed by atoms with Gasteiger partial charge < -0.3 is 5.73 Å². The van der Waals surface area contributed by atoms with Crippen LogP contribution in [-0.4, -0.2) is 14.3 Å². The first-order chi connectivity index (χ1) is 10.3. The molecule has 8 heteroatoms. The zero-order valence-corrected chi connectivity index (χ0v) is 12.8. The lowest BCUT2D eigenvalue weighted by Gasteiger charge is -2.12. The van der Waals surface area contributed by atoms with Gasteiger partial charge in [0.25, 0.3) is 5.91 Å². The van der Waals surface area contributed by atoms with Gasteiger partial charge in [-0.2, -0.15) is 0 Å². The normalized spacial score (nSPS) is 11.2. The summed E-state index contributed by atoms with van der Waals surface area (Å²) in [5.74, 6) is -2.16. The molecule has 0 aliphatic rings. The Bertz CT molecular complexity index is 804. The van der Waals surface area contributed by atoms with Crippen LogP contribution in [0.1, 0.15) is 15.9 Å². The molecule has 0 bridgehead atoms. The number of primary amides is 1. The van der Waals surface area contributed by atoms with Crippen LogP contribution in [0.25, 0.3) is 0 Å². The van der Waals surface area contributed by atoms with E-state index in [2.05, 4.69) is 4.72 Å². The molecule has 0 aliphatic carbocycles. The highest BCUT2D eigenvalue weighted by Crippen LogP contribution is 2.23. The topological polar surface area (TPSA) is 89.3 Å². The molecule has 0 heterocycles. The monoisotopic (exact) mass is 342 g/mol. The summed E-state index contributed by atoms with van der Waals surface area (Å²) in [7, 11) is -3.97. The third kappa shape index (κ3) is 3.75. The molecule has 5 nitrogen and oxygen atoms in total. The Balaban J connectivity index is 2.32. The molecule has 0 saturated carbocycles. The van der Waals surface area contributed by atoms with E-state index in [4.69, 9.17) is 17.3 Å². The maximum absolute atomic E-state index is 13.7. The Morgan fingerprint density at radius 1 is 1.18 bits per heavy atom. The first-order valence-corrected chi connectivity index (χ1v) is 8.15. The van der Waals surface area contributed by atoms with Gasteiger partial charge in [0.2, 0.25) is 10.0 Å². The van der Waals surface area contributed by atoms with Crippen molar-refractivity contribution in [2.75, 3.05) is 4.72 Å². The fourth-order valence-corrected chi connectivity index (χ4v) is 3.42. The van der Waals surface area contributed by atoms with E-state index in [0.717, 1.165) is 6.07 Å². The summed E-state index contributed by atoms with van der Waals surface area (Å²) < 4.78 is 40.2. The maximum atomic E-state index is 13.7. The van der Waals surface area contributed by atoms with Gasteiger partial charge in [-0.25, -0.2) is 12.8 Å². The summed E-state index contributed by atoms with van der Waals surface area (Å²) in [5, 5.41) is 0.00793. The quantitative estimate of drug-likeness (QED) is 0.874. The molecule has 0 atom stereocenters. The van der Waals surface area contributed by atoms with Crippen LogP contribution < -0.4 is 10.5 Å². The van der Waals surface area contributed by atoms with Crippen LogP contribution in [0.5, 0.6) is 0 Å². The Kier molecular flexibility index (Phi) is 4.68. The fourth-order valence-electron chi connectivity index (χ4n) is 1.85. The van der Waals surface area contributed by atoms with Crippen LogP contribution in [0.2, 0.25) is 5.02 Å². The molecular formula is C14H12ClFN2O3S. The Hall–Kier alpha value is -2.12. The van der Waals surface area contributed by atoms with Crippen molar-refractivity contribution >= 4 is 33.2 Å². The van der Waals surface area contributed by atoms with Crippen molar-refractivity contribution in [1.82, 2.24) is 0 Å². The summed E-state index contributed by atoms with van der Waals surface area (Å²) in [4.78, 5) is 11.3. The van der Waals surface area contributed by atoms with Gasteiger partial charge in [-0.3, -0.25) is 9.52 Å². The van der Waals surface area contributed by atoms with Crippen molar-refractivity contribution < 1.29 is 17.6 Å². The van der Waals surface area contributed by atoms with E-state index in [0.29, 0.717) is 0 Å². The molecule has 0 aromatic heterocycles. The number of sulfonamides is 1. The molecule has 0 fully saturated rings. The van der Waals surface area contributed by atoms with Gasteiger partial charge in [0.05, 0.1) is 17.0 Å². The lowest BCUT2D eigenvalue weighted by atomic mass is 10.2. The highest BCUT2D eigenvalue weighted by Gasteiger charge is 2.19. The third-order valence-electron chi connectivity index (χ3n) is 2.85. The number of benzene rings is 2. The summed E-state index contributed by atoms with van der Waals surface area (Å²) in [6.07, 6.45) is 0. The molecule has 0 spiro atoms. The van der Waals surface area contributed by atoms with E-state index >= 15 is 0 Å². The van der Waals surface area contributed by atoms with Crippen LogP contribution in [0, 0.1) is 5.82 Å².